The van der Waals surface area contributed by atoms with E-state index < -0.39 is 0 Å². The Hall–Kier alpha value is -2.04. The summed E-state index contributed by atoms with van der Waals surface area (Å²) < 4.78 is 15.3. The summed E-state index contributed by atoms with van der Waals surface area (Å²) in [6.45, 7) is 3.03. The molecule has 0 aliphatic rings. The highest BCUT2D eigenvalue weighted by atomic mass is 16.5. The molecule has 0 saturated heterocycles. The van der Waals surface area contributed by atoms with Gasteiger partial charge in [-0.1, -0.05) is 50.7 Å². The van der Waals surface area contributed by atoms with E-state index in [1.54, 1.807) is 0 Å². The van der Waals surface area contributed by atoms with Crippen molar-refractivity contribution in [3.63, 3.8) is 0 Å². The van der Waals surface area contributed by atoms with Crippen LogP contribution in [0, 0.1) is 0 Å². The smallest absolute Gasteiger partial charge is 0.309 e. The molecule has 1 rings (SSSR count). The summed E-state index contributed by atoms with van der Waals surface area (Å²) in [5, 5.41) is 0. The van der Waals surface area contributed by atoms with Gasteiger partial charge >= 0.3 is 11.9 Å². The molecule has 0 heterocycles. The number of hydrogen-bond acceptors (Lipinski definition) is 5. The lowest BCUT2D eigenvalue weighted by atomic mass is 10.1. The van der Waals surface area contributed by atoms with Crippen molar-refractivity contribution in [1.29, 1.82) is 0 Å². The number of carbonyl (C=O) groups excluding carboxylic acids is 2. The molecule has 0 N–H and O–H groups in total. The van der Waals surface area contributed by atoms with Gasteiger partial charge in [-0.15, -0.1) is 0 Å². The van der Waals surface area contributed by atoms with Crippen molar-refractivity contribution in [1.82, 2.24) is 0 Å². The van der Waals surface area contributed by atoms with Crippen LogP contribution in [0.2, 0.25) is 0 Å². The summed E-state index contributed by atoms with van der Waals surface area (Å²) >= 11 is 0. The molecule has 0 spiro atoms. The highest BCUT2D eigenvalue weighted by Gasteiger charge is 2.03. The minimum Gasteiger partial charge on any atom is -0.494 e. The molecule has 0 radical (unpaired) electrons. The van der Waals surface area contributed by atoms with Crippen molar-refractivity contribution in [2.45, 2.75) is 71.1 Å². The van der Waals surface area contributed by atoms with Crippen LogP contribution in [0.3, 0.4) is 0 Å². The van der Waals surface area contributed by atoms with Gasteiger partial charge in [-0.3, -0.25) is 9.59 Å². The number of methoxy groups -OCH3 is 1. The zero-order valence-electron chi connectivity index (χ0n) is 16.8. The standard InChI is InChI=1S/C22H34O5/c1-3-26-21(23)12-10-8-6-4-5-7-9-11-17-27-20-15-13-19(14-16-20)18-22(24)25-2/h13-16H,3-12,17-18H2,1-2H3. The Labute approximate surface area is 163 Å². The summed E-state index contributed by atoms with van der Waals surface area (Å²) in [6.07, 6.45) is 9.98. The molecule has 1 aromatic carbocycles. The average molecular weight is 379 g/mol. The van der Waals surface area contributed by atoms with Crippen molar-refractivity contribution < 1.29 is 23.8 Å². The second-order valence-corrected chi connectivity index (χ2v) is 6.63. The summed E-state index contributed by atoms with van der Waals surface area (Å²) in [7, 11) is 1.39. The Balaban J connectivity index is 1.94. The van der Waals surface area contributed by atoms with Crippen molar-refractivity contribution >= 4 is 11.9 Å². The van der Waals surface area contributed by atoms with E-state index in [0.29, 0.717) is 19.4 Å². The molecule has 152 valence electrons. The Morgan fingerprint density at radius 1 is 0.815 bits per heavy atom. The second-order valence-electron chi connectivity index (χ2n) is 6.63. The molecule has 0 aromatic heterocycles. The first kappa shape index (κ1) is 23.0. The first-order valence-electron chi connectivity index (χ1n) is 10.1. The third-order valence-electron chi connectivity index (χ3n) is 4.35. The van der Waals surface area contributed by atoms with Crippen LogP contribution >= 0.6 is 0 Å². The van der Waals surface area contributed by atoms with Crippen LogP contribution in [0.15, 0.2) is 24.3 Å². The van der Waals surface area contributed by atoms with E-state index in [4.69, 9.17) is 9.47 Å². The van der Waals surface area contributed by atoms with Gasteiger partial charge in [0.05, 0.1) is 26.7 Å². The highest BCUT2D eigenvalue weighted by molar-refractivity contribution is 5.72. The summed E-state index contributed by atoms with van der Waals surface area (Å²) in [4.78, 5) is 22.4. The minimum atomic E-state index is -0.234. The first-order valence-corrected chi connectivity index (χ1v) is 10.1. The zero-order valence-corrected chi connectivity index (χ0v) is 16.8. The van der Waals surface area contributed by atoms with Gasteiger partial charge in [-0.25, -0.2) is 0 Å². The average Bonchev–Trinajstić information content (AvgIpc) is 2.67. The molecule has 0 atom stereocenters. The molecule has 0 saturated carbocycles. The van der Waals surface area contributed by atoms with E-state index in [1.165, 1.54) is 39.2 Å². The number of hydrogen-bond donors (Lipinski definition) is 0. The molecule has 5 heteroatoms. The maximum atomic E-state index is 11.2. The predicted molar refractivity (Wildman–Crippen MR) is 106 cm³/mol. The van der Waals surface area contributed by atoms with Crippen LogP contribution in [0.25, 0.3) is 0 Å². The number of esters is 2. The molecular weight excluding hydrogens is 344 g/mol. The molecular formula is C22H34O5. The van der Waals surface area contributed by atoms with Gasteiger partial charge in [0, 0.05) is 6.42 Å². The molecule has 0 aliphatic heterocycles. The van der Waals surface area contributed by atoms with Crippen molar-refractivity contribution in [2.75, 3.05) is 20.3 Å². The lowest BCUT2D eigenvalue weighted by Crippen LogP contribution is -2.04. The maximum Gasteiger partial charge on any atom is 0.309 e. The van der Waals surface area contributed by atoms with Gasteiger partial charge in [0.1, 0.15) is 5.75 Å². The summed E-state index contributed by atoms with van der Waals surface area (Å²) in [6, 6.07) is 7.59. The van der Waals surface area contributed by atoms with E-state index in [-0.39, 0.29) is 11.9 Å². The SMILES string of the molecule is CCOC(=O)CCCCCCCCCCOc1ccc(CC(=O)OC)cc1. The van der Waals surface area contributed by atoms with Gasteiger partial charge in [-0.2, -0.15) is 0 Å². The van der Waals surface area contributed by atoms with Gasteiger partial charge in [-0.05, 0) is 37.5 Å². The Bertz CT molecular complexity index is 524. The fourth-order valence-electron chi connectivity index (χ4n) is 2.80. The van der Waals surface area contributed by atoms with Crippen LogP contribution < -0.4 is 4.74 Å². The topological polar surface area (TPSA) is 61.8 Å². The van der Waals surface area contributed by atoms with Crippen LogP contribution in [-0.2, 0) is 25.5 Å². The van der Waals surface area contributed by atoms with Crippen molar-refractivity contribution in [2.24, 2.45) is 0 Å². The lowest BCUT2D eigenvalue weighted by molar-refractivity contribution is -0.143. The van der Waals surface area contributed by atoms with Gasteiger partial charge < -0.3 is 14.2 Å². The predicted octanol–water partition coefficient (Wildman–Crippen LogP) is 4.85. The van der Waals surface area contributed by atoms with Gasteiger partial charge in [0.25, 0.3) is 0 Å². The van der Waals surface area contributed by atoms with E-state index in [0.717, 1.165) is 37.2 Å². The van der Waals surface area contributed by atoms with Crippen LogP contribution in [0.4, 0.5) is 0 Å². The normalized spacial score (nSPS) is 10.4. The number of unbranched alkanes of at least 4 members (excludes halogenated alkanes) is 7. The Morgan fingerprint density at radius 3 is 2.00 bits per heavy atom. The van der Waals surface area contributed by atoms with Crippen LogP contribution in [-0.4, -0.2) is 32.3 Å². The summed E-state index contributed by atoms with van der Waals surface area (Å²) in [5.41, 5.74) is 0.927. The highest BCUT2D eigenvalue weighted by Crippen LogP contribution is 2.14. The quantitative estimate of drug-likeness (QED) is 0.322. The van der Waals surface area contributed by atoms with E-state index in [9.17, 15) is 9.59 Å². The third kappa shape index (κ3) is 12.1. The second kappa shape index (κ2) is 15.1. The van der Waals surface area contributed by atoms with E-state index in [1.807, 2.05) is 31.2 Å². The molecule has 0 amide bonds. The van der Waals surface area contributed by atoms with Crippen molar-refractivity contribution in [3.8, 4) is 5.75 Å². The van der Waals surface area contributed by atoms with E-state index >= 15 is 0 Å². The number of ether oxygens (including phenoxy) is 3. The van der Waals surface area contributed by atoms with E-state index in [2.05, 4.69) is 4.74 Å². The number of carbonyl (C=O) groups is 2. The number of rotatable bonds is 15. The molecule has 1 aromatic rings. The van der Waals surface area contributed by atoms with Crippen molar-refractivity contribution in [3.05, 3.63) is 29.8 Å². The van der Waals surface area contributed by atoms with Gasteiger partial charge in [0.2, 0.25) is 0 Å². The fraction of sp³-hybridized carbons (Fsp3) is 0.636. The van der Waals surface area contributed by atoms with Crippen LogP contribution in [0.1, 0.15) is 70.3 Å². The zero-order chi connectivity index (χ0) is 19.7. The summed E-state index contributed by atoms with van der Waals surface area (Å²) in [5.74, 6) is 0.531. The molecule has 27 heavy (non-hydrogen) atoms. The molecule has 0 bridgehead atoms. The largest absolute Gasteiger partial charge is 0.494 e. The van der Waals surface area contributed by atoms with Gasteiger partial charge in [0.15, 0.2) is 0 Å². The third-order valence-corrected chi connectivity index (χ3v) is 4.35. The lowest BCUT2D eigenvalue weighted by Gasteiger charge is -2.07. The molecule has 5 nitrogen and oxygen atoms in total. The molecule has 0 aliphatic carbocycles. The monoisotopic (exact) mass is 378 g/mol. The van der Waals surface area contributed by atoms with Crippen LogP contribution in [0.5, 0.6) is 5.75 Å². The Morgan fingerprint density at radius 2 is 1.41 bits per heavy atom. The minimum absolute atomic E-state index is 0.0735. The Kier molecular flexibility index (Phi) is 12.8. The molecule has 0 fully saturated rings. The molecule has 0 unspecified atom stereocenters. The maximum absolute atomic E-state index is 11.2. The fourth-order valence-corrected chi connectivity index (χ4v) is 2.80. The first-order chi connectivity index (χ1) is 13.2. The number of benzene rings is 1.